The highest BCUT2D eigenvalue weighted by Crippen LogP contribution is 2.35. The van der Waals surface area contributed by atoms with Gasteiger partial charge >= 0.3 is 6.18 Å². The molecule has 0 unspecified atom stereocenters. The van der Waals surface area contributed by atoms with Gasteiger partial charge in [0.2, 0.25) is 6.79 Å². The Morgan fingerprint density at radius 3 is 2.74 bits per heavy atom. The third-order valence-electron chi connectivity index (χ3n) is 4.21. The smallest absolute Gasteiger partial charge is 0.435 e. The predicted molar refractivity (Wildman–Crippen MR) is 96.7 cm³/mol. The van der Waals surface area contributed by atoms with Gasteiger partial charge in [0.05, 0.1) is 12.2 Å². The summed E-state index contributed by atoms with van der Waals surface area (Å²) < 4.78 is 70.4. The molecule has 0 aliphatic carbocycles. The maximum atomic E-state index is 13.6. The van der Waals surface area contributed by atoms with Gasteiger partial charge in [0.25, 0.3) is 5.91 Å². The number of carbonyl (C=O) groups is 1. The molecule has 12 heteroatoms. The van der Waals surface area contributed by atoms with Gasteiger partial charge in [0.15, 0.2) is 22.9 Å². The number of amides is 1. The zero-order valence-corrected chi connectivity index (χ0v) is 15.6. The maximum absolute atomic E-state index is 13.6. The minimum Gasteiger partial charge on any atom is -0.492 e. The summed E-state index contributed by atoms with van der Waals surface area (Å²) >= 11 is 0. The van der Waals surface area contributed by atoms with Crippen LogP contribution in [0.1, 0.15) is 16.2 Å². The van der Waals surface area contributed by atoms with E-state index >= 15 is 0 Å². The molecular weight excluding hydrogens is 424 g/mol. The molecule has 0 saturated heterocycles. The lowest BCUT2D eigenvalue weighted by Gasteiger charge is -2.11. The monoisotopic (exact) mass is 438 g/mol. The van der Waals surface area contributed by atoms with Gasteiger partial charge in [-0.2, -0.15) is 13.2 Å². The standard InChI is InChI=1S/C19H14F4N4O4/c20-11-2-1-3-12(8-11)27-17(19(21,22)23)16(25-26-27)18(28)24-6-7-29-13-4-5-14-15(9-13)31-10-30-14/h1-5,8-9H,6-7,10H2,(H,24,28). The van der Waals surface area contributed by atoms with Crippen LogP contribution in [0, 0.1) is 5.82 Å². The Bertz CT molecular complexity index is 1120. The SMILES string of the molecule is O=C(NCCOc1ccc2c(c1)OCO2)c1nnn(-c2cccc(F)c2)c1C(F)(F)F. The number of hydrogen-bond acceptors (Lipinski definition) is 6. The van der Waals surface area contributed by atoms with Crippen LogP contribution in [0.3, 0.4) is 0 Å². The number of carbonyl (C=O) groups excluding carboxylic acids is 1. The first kappa shape index (κ1) is 20.4. The molecule has 0 spiro atoms. The van der Waals surface area contributed by atoms with E-state index in [0.29, 0.717) is 21.9 Å². The molecule has 1 aliphatic rings. The van der Waals surface area contributed by atoms with Crippen LogP contribution >= 0.6 is 0 Å². The summed E-state index contributed by atoms with van der Waals surface area (Å²) in [5.41, 5.74) is -2.56. The van der Waals surface area contributed by atoms with Crippen molar-refractivity contribution >= 4 is 5.91 Å². The Hall–Kier alpha value is -3.83. The molecule has 0 radical (unpaired) electrons. The first-order valence-electron chi connectivity index (χ1n) is 8.92. The van der Waals surface area contributed by atoms with E-state index in [9.17, 15) is 22.4 Å². The predicted octanol–water partition coefficient (Wildman–Crippen LogP) is 2.96. The first-order chi connectivity index (χ1) is 14.8. The summed E-state index contributed by atoms with van der Waals surface area (Å²) in [4.78, 5) is 12.3. The van der Waals surface area contributed by atoms with Crippen LogP contribution in [-0.2, 0) is 6.18 Å². The second-order valence-corrected chi connectivity index (χ2v) is 6.30. The molecule has 1 aromatic heterocycles. The molecule has 162 valence electrons. The van der Waals surface area contributed by atoms with Crippen LogP contribution in [0.4, 0.5) is 17.6 Å². The van der Waals surface area contributed by atoms with Crippen molar-refractivity contribution in [1.82, 2.24) is 20.3 Å². The van der Waals surface area contributed by atoms with Gasteiger partial charge in [0, 0.05) is 6.07 Å². The lowest BCUT2D eigenvalue weighted by molar-refractivity contribution is -0.143. The van der Waals surface area contributed by atoms with Crippen LogP contribution < -0.4 is 19.5 Å². The summed E-state index contributed by atoms with van der Waals surface area (Å²) in [7, 11) is 0. The van der Waals surface area contributed by atoms with Crippen molar-refractivity contribution in [2.24, 2.45) is 0 Å². The van der Waals surface area contributed by atoms with Crippen LogP contribution in [0.5, 0.6) is 17.2 Å². The van der Waals surface area contributed by atoms with Crippen LogP contribution in [0.15, 0.2) is 42.5 Å². The van der Waals surface area contributed by atoms with Gasteiger partial charge in [0.1, 0.15) is 18.2 Å². The molecule has 8 nitrogen and oxygen atoms in total. The van der Waals surface area contributed by atoms with Gasteiger partial charge in [-0.1, -0.05) is 11.3 Å². The average Bonchev–Trinajstić information content (AvgIpc) is 3.37. The van der Waals surface area contributed by atoms with E-state index in [-0.39, 0.29) is 25.6 Å². The Kier molecular flexibility index (Phi) is 5.36. The first-order valence-corrected chi connectivity index (χ1v) is 8.92. The number of alkyl halides is 3. The van der Waals surface area contributed by atoms with E-state index in [0.717, 1.165) is 12.1 Å². The van der Waals surface area contributed by atoms with E-state index in [2.05, 4.69) is 15.6 Å². The van der Waals surface area contributed by atoms with Crippen molar-refractivity contribution in [3.05, 3.63) is 59.7 Å². The topological polar surface area (TPSA) is 87.5 Å². The van der Waals surface area contributed by atoms with Crippen LogP contribution in [0.25, 0.3) is 5.69 Å². The number of nitrogens with one attached hydrogen (secondary N) is 1. The van der Waals surface area contributed by atoms with Gasteiger partial charge in [-0.15, -0.1) is 5.10 Å². The van der Waals surface area contributed by atoms with Crippen molar-refractivity contribution < 1.29 is 36.6 Å². The number of rotatable bonds is 6. The Morgan fingerprint density at radius 2 is 1.97 bits per heavy atom. The van der Waals surface area contributed by atoms with E-state index in [1.165, 1.54) is 12.1 Å². The van der Waals surface area contributed by atoms with Gasteiger partial charge in [-0.25, -0.2) is 9.07 Å². The molecule has 4 rings (SSSR count). The third-order valence-corrected chi connectivity index (χ3v) is 4.21. The lowest BCUT2D eigenvalue weighted by Crippen LogP contribution is -2.30. The molecule has 3 aromatic rings. The van der Waals surface area contributed by atoms with Crippen LogP contribution in [0.2, 0.25) is 0 Å². The van der Waals surface area contributed by atoms with E-state index in [4.69, 9.17) is 14.2 Å². The number of halogens is 4. The molecule has 0 atom stereocenters. The normalized spacial score (nSPS) is 12.6. The number of ether oxygens (including phenoxy) is 3. The summed E-state index contributed by atoms with van der Waals surface area (Å²) in [5, 5.41) is 9.04. The highest BCUT2D eigenvalue weighted by Gasteiger charge is 2.42. The van der Waals surface area contributed by atoms with Crippen molar-refractivity contribution in [2.75, 3.05) is 19.9 Å². The van der Waals surface area contributed by atoms with E-state index in [1.54, 1.807) is 18.2 Å². The fourth-order valence-corrected chi connectivity index (χ4v) is 2.86. The highest BCUT2D eigenvalue weighted by atomic mass is 19.4. The number of aromatic nitrogens is 3. The number of benzene rings is 2. The van der Waals surface area contributed by atoms with Crippen molar-refractivity contribution in [3.63, 3.8) is 0 Å². The van der Waals surface area contributed by atoms with Crippen molar-refractivity contribution in [3.8, 4) is 22.9 Å². The molecule has 2 aromatic carbocycles. The molecule has 0 saturated carbocycles. The summed E-state index contributed by atoms with van der Waals surface area (Å²) in [6, 6.07) is 9.23. The molecule has 0 fully saturated rings. The second kappa shape index (κ2) is 8.13. The molecular formula is C19H14F4N4O4. The van der Waals surface area contributed by atoms with Gasteiger partial charge in [-0.05, 0) is 30.3 Å². The number of nitrogens with zero attached hydrogens (tertiary/aromatic N) is 3. The van der Waals surface area contributed by atoms with E-state index in [1.807, 2.05) is 0 Å². The van der Waals surface area contributed by atoms with E-state index < -0.39 is 29.3 Å². The summed E-state index contributed by atoms with van der Waals surface area (Å²) in [6.07, 6.45) is -4.95. The zero-order valence-electron chi connectivity index (χ0n) is 15.6. The zero-order chi connectivity index (χ0) is 22.0. The van der Waals surface area contributed by atoms with Crippen LogP contribution in [-0.4, -0.2) is 40.8 Å². The molecule has 2 heterocycles. The average molecular weight is 438 g/mol. The molecule has 1 aliphatic heterocycles. The maximum Gasteiger partial charge on any atom is 0.435 e. The molecule has 1 amide bonds. The minimum atomic E-state index is -4.95. The summed E-state index contributed by atoms with van der Waals surface area (Å²) in [6.45, 7) is -0.0190. The lowest BCUT2D eigenvalue weighted by atomic mass is 10.2. The van der Waals surface area contributed by atoms with Gasteiger partial charge < -0.3 is 19.5 Å². The van der Waals surface area contributed by atoms with Gasteiger partial charge in [-0.3, -0.25) is 4.79 Å². The highest BCUT2D eigenvalue weighted by molar-refractivity contribution is 5.93. The number of fused-ring (bicyclic) bond motifs is 1. The summed E-state index contributed by atoms with van der Waals surface area (Å²) in [5.74, 6) is -0.337. The third kappa shape index (κ3) is 4.37. The van der Waals surface area contributed by atoms with Crippen molar-refractivity contribution in [2.45, 2.75) is 6.18 Å². The number of hydrogen-bond donors (Lipinski definition) is 1. The largest absolute Gasteiger partial charge is 0.492 e. The molecule has 31 heavy (non-hydrogen) atoms. The fourth-order valence-electron chi connectivity index (χ4n) is 2.86. The quantitative estimate of drug-likeness (QED) is 0.471. The molecule has 1 N–H and O–H groups in total. The fraction of sp³-hybridized carbons (Fsp3) is 0.211. The Labute approximate surface area is 172 Å². The second-order valence-electron chi connectivity index (χ2n) is 6.30. The Morgan fingerprint density at radius 1 is 1.16 bits per heavy atom. The molecule has 0 bridgehead atoms. The Balaban J connectivity index is 1.43. The minimum absolute atomic E-state index is 0.0230. The van der Waals surface area contributed by atoms with Crippen molar-refractivity contribution in [1.29, 1.82) is 0 Å².